The Bertz CT molecular complexity index is 898. The van der Waals surface area contributed by atoms with Crippen LogP contribution < -0.4 is 10.6 Å². The largest absolute Gasteiger partial charge is 0.325 e. The van der Waals surface area contributed by atoms with Gasteiger partial charge in [-0.3, -0.25) is 19.3 Å². The van der Waals surface area contributed by atoms with Crippen molar-refractivity contribution in [2.45, 2.75) is 26.8 Å². The predicted octanol–water partition coefficient (Wildman–Crippen LogP) is 3.86. The highest BCUT2D eigenvalue weighted by Gasteiger charge is 2.20. The van der Waals surface area contributed by atoms with E-state index >= 15 is 0 Å². The Kier molecular flexibility index (Phi) is 7.48. The summed E-state index contributed by atoms with van der Waals surface area (Å²) in [5.41, 5.74) is 2.76. The van der Waals surface area contributed by atoms with Crippen molar-refractivity contribution in [3.05, 3.63) is 58.1 Å². The van der Waals surface area contributed by atoms with E-state index in [4.69, 9.17) is 0 Å². The van der Waals surface area contributed by atoms with Crippen LogP contribution in [0.5, 0.6) is 0 Å². The van der Waals surface area contributed by atoms with E-state index in [1.165, 1.54) is 6.92 Å². The average molecular weight is 446 g/mol. The Morgan fingerprint density at radius 1 is 1.11 bits per heavy atom. The van der Waals surface area contributed by atoms with E-state index in [0.29, 0.717) is 11.3 Å². The Hall–Kier alpha value is -2.51. The van der Waals surface area contributed by atoms with Crippen molar-refractivity contribution < 1.29 is 14.4 Å². The molecule has 6 nitrogen and oxygen atoms in total. The zero-order valence-electron chi connectivity index (χ0n) is 16.4. The highest BCUT2D eigenvalue weighted by molar-refractivity contribution is 9.10. The molecule has 0 radical (unpaired) electrons. The lowest BCUT2D eigenvalue weighted by Gasteiger charge is -2.23. The summed E-state index contributed by atoms with van der Waals surface area (Å²) < 4.78 is 0.944. The molecule has 0 aliphatic rings. The van der Waals surface area contributed by atoms with Gasteiger partial charge in [-0.05, 0) is 63.7 Å². The highest BCUT2D eigenvalue weighted by Crippen LogP contribution is 2.20. The van der Waals surface area contributed by atoms with E-state index in [0.717, 1.165) is 15.7 Å². The van der Waals surface area contributed by atoms with Crippen molar-refractivity contribution in [3.63, 3.8) is 0 Å². The number of carbonyl (C=O) groups is 3. The fourth-order valence-corrected chi connectivity index (χ4v) is 3.06. The van der Waals surface area contributed by atoms with Gasteiger partial charge in [0.2, 0.25) is 11.8 Å². The minimum absolute atomic E-state index is 0.0670. The Morgan fingerprint density at radius 3 is 2.46 bits per heavy atom. The van der Waals surface area contributed by atoms with Crippen LogP contribution in [0, 0.1) is 6.92 Å². The van der Waals surface area contributed by atoms with Gasteiger partial charge in [0.25, 0.3) is 0 Å². The van der Waals surface area contributed by atoms with Crippen LogP contribution in [0.25, 0.3) is 0 Å². The van der Waals surface area contributed by atoms with Crippen molar-refractivity contribution in [3.8, 4) is 0 Å². The van der Waals surface area contributed by atoms with Crippen LogP contribution in [-0.4, -0.2) is 42.1 Å². The van der Waals surface area contributed by atoms with Crippen molar-refractivity contribution in [1.29, 1.82) is 0 Å². The maximum absolute atomic E-state index is 12.5. The van der Waals surface area contributed by atoms with Gasteiger partial charge < -0.3 is 10.6 Å². The summed E-state index contributed by atoms with van der Waals surface area (Å²) >= 11 is 3.39. The summed E-state index contributed by atoms with van der Waals surface area (Å²) in [6.07, 6.45) is 0. The summed E-state index contributed by atoms with van der Waals surface area (Å²) in [5, 5.41) is 5.65. The van der Waals surface area contributed by atoms with Gasteiger partial charge in [-0.25, -0.2) is 0 Å². The molecule has 0 bridgehead atoms. The van der Waals surface area contributed by atoms with Gasteiger partial charge in [-0.2, -0.15) is 0 Å². The molecule has 0 aliphatic heterocycles. The molecule has 2 N–H and O–H groups in total. The number of nitrogens with zero attached hydrogens (tertiary/aromatic N) is 1. The van der Waals surface area contributed by atoms with Crippen LogP contribution in [-0.2, 0) is 9.59 Å². The molecule has 0 unspecified atom stereocenters. The van der Waals surface area contributed by atoms with Crippen LogP contribution in [0.3, 0.4) is 0 Å². The quantitative estimate of drug-likeness (QED) is 0.634. The maximum atomic E-state index is 12.5. The lowest BCUT2D eigenvalue weighted by Crippen LogP contribution is -2.43. The van der Waals surface area contributed by atoms with Crippen LogP contribution in [0.1, 0.15) is 29.8 Å². The maximum Gasteiger partial charge on any atom is 0.241 e. The van der Waals surface area contributed by atoms with Gasteiger partial charge >= 0.3 is 0 Å². The average Bonchev–Trinajstić information content (AvgIpc) is 2.63. The van der Waals surface area contributed by atoms with Crippen molar-refractivity contribution in [2.75, 3.05) is 24.2 Å². The second-order valence-corrected chi connectivity index (χ2v) is 7.64. The van der Waals surface area contributed by atoms with Gasteiger partial charge in [-0.1, -0.05) is 28.1 Å². The number of rotatable bonds is 7. The molecule has 2 aromatic carbocycles. The Labute approximate surface area is 173 Å². The number of aryl methyl sites for hydroxylation is 1. The van der Waals surface area contributed by atoms with E-state index in [9.17, 15) is 14.4 Å². The lowest BCUT2D eigenvalue weighted by molar-refractivity contribution is -0.122. The second-order valence-electron chi connectivity index (χ2n) is 6.72. The molecule has 0 aromatic heterocycles. The molecular formula is C21H24BrN3O3. The molecule has 1 atom stereocenters. The Morgan fingerprint density at radius 2 is 1.82 bits per heavy atom. The third-order valence-electron chi connectivity index (χ3n) is 4.43. The van der Waals surface area contributed by atoms with E-state index in [-0.39, 0.29) is 24.1 Å². The van der Waals surface area contributed by atoms with Crippen LogP contribution in [0.4, 0.5) is 11.4 Å². The summed E-state index contributed by atoms with van der Waals surface area (Å²) in [4.78, 5) is 38.0. The molecule has 0 heterocycles. The molecule has 0 saturated heterocycles. The first-order chi connectivity index (χ1) is 13.2. The molecule has 0 spiro atoms. The summed E-state index contributed by atoms with van der Waals surface area (Å²) in [6.45, 7) is 5.18. The number of carbonyl (C=O) groups excluding carboxylic acids is 3. The van der Waals surface area contributed by atoms with Crippen LogP contribution in [0.2, 0.25) is 0 Å². The van der Waals surface area contributed by atoms with Crippen molar-refractivity contribution in [1.82, 2.24) is 4.90 Å². The number of amides is 2. The summed E-state index contributed by atoms with van der Waals surface area (Å²) in [5.74, 6) is -0.525. The summed E-state index contributed by atoms with van der Waals surface area (Å²) in [6, 6.07) is 11.8. The lowest BCUT2D eigenvalue weighted by atomic mass is 10.1. The number of nitrogens with one attached hydrogen (secondary N) is 2. The number of likely N-dealkylation sites (N-methyl/N-ethyl adjacent to an activating group) is 1. The first kappa shape index (κ1) is 21.8. The second kappa shape index (κ2) is 9.61. The smallest absolute Gasteiger partial charge is 0.241 e. The number of benzene rings is 2. The zero-order valence-corrected chi connectivity index (χ0v) is 18.0. The van der Waals surface area contributed by atoms with Crippen LogP contribution >= 0.6 is 15.9 Å². The van der Waals surface area contributed by atoms with Crippen molar-refractivity contribution in [2.24, 2.45) is 0 Å². The van der Waals surface area contributed by atoms with Gasteiger partial charge in [0.15, 0.2) is 5.78 Å². The number of hydrogen-bond acceptors (Lipinski definition) is 4. The monoisotopic (exact) mass is 445 g/mol. The van der Waals surface area contributed by atoms with Gasteiger partial charge in [-0.15, -0.1) is 0 Å². The van der Waals surface area contributed by atoms with E-state index < -0.39 is 6.04 Å². The molecule has 2 amide bonds. The van der Waals surface area contributed by atoms with Gasteiger partial charge in [0.1, 0.15) is 0 Å². The van der Waals surface area contributed by atoms with Crippen LogP contribution in [0.15, 0.2) is 46.9 Å². The number of ketones is 1. The number of hydrogen-bond donors (Lipinski definition) is 2. The number of Topliss-reactive ketones (excluding diaryl/α,β-unsaturated/α-hetero) is 1. The predicted molar refractivity (Wildman–Crippen MR) is 115 cm³/mol. The molecule has 28 heavy (non-hydrogen) atoms. The third kappa shape index (κ3) is 6.00. The van der Waals surface area contributed by atoms with E-state index in [2.05, 4.69) is 26.6 Å². The number of anilines is 2. The molecule has 0 saturated carbocycles. The van der Waals surface area contributed by atoms with Gasteiger partial charge in [0, 0.05) is 21.4 Å². The summed E-state index contributed by atoms with van der Waals surface area (Å²) in [7, 11) is 1.71. The SMILES string of the molecule is CC(=O)c1cccc(NC(=O)[C@H](C)N(C)CC(=O)Nc2ccc(Br)cc2C)c1. The minimum Gasteiger partial charge on any atom is -0.325 e. The number of halogens is 1. The normalized spacial score (nSPS) is 11.8. The molecule has 0 aliphatic carbocycles. The standard InChI is InChI=1S/C21H24BrN3O3/c1-13-10-17(22)8-9-19(13)24-20(27)12-25(4)14(2)21(28)23-18-7-5-6-16(11-18)15(3)26/h5-11,14H,12H2,1-4H3,(H,23,28)(H,24,27)/t14-/m0/s1. The molecular weight excluding hydrogens is 422 g/mol. The molecule has 0 fully saturated rings. The minimum atomic E-state index is -0.530. The topological polar surface area (TPSA) is 78.5 Å². The van der Waals surface area contributed by atoms with E-state index in [1.807, 2.05) is 25.1 Å². The first-order valence-corrected chi connectivity index (χ1v) is 9.64. The molecule has 7 heteroatoms. The molecule has 148 valence electrons. The van der Waals surface area contributed by atoms with Gasteiger partial charge in [0.05, 0.1) is 12.6 Å². The Balaban J connectivity index is 1.94. The fraction of sp³-hybridized carbons (Fsp3) is 0.286. The molecule has 2 aromatic rings. The zero-order chi connectivity index (χ0) is 20.8. The highest BCUT2D eigenvalue weighted by atomic mass is 79.9. The van der Waals surface area contributed by atoms with E-state index in [1.54, 1.807) is 43.1 Å². The molecule has 2 rings (SSSR count). The fourth-order valence-electron chi connectivity index (χ4n) is 2.58. The third-order valence-corrected chi connectivity index (χ3v) is 4.93. The van der Waals surface area contributed by atoms with Crippen molar-refractivity contribution >= 4 is 44.9 Å². The first-order valence-electron chi connectivity index (χ1n) is 8.85.